The van der Waals surface area contributed by atoms with Crippen molar-refractivity contribution >= 4 is 11.0 Å². The molecule has 0 aliphatic heterocycles. The van der Waals surface area contributed by atoms with Crippen molar-refractivity contribution in [2.24, 2.45) is 0 Å². The molecule has 104 valence electrons. The molecular weight excluding hydrogens is 241 g/mol. The van der Waals surface area contributed by atoms with E-state index in [1.807, 2.05) is 6.07 Å². The number of halogens is 1. The summed E-state index contributed by atoms with van der Waals surface area (Å²) >= 11 is 0. The zero-order chi connectivity index (χ0) is 14.0. The third-order valence-electron chi connectivity index (χ3n) is 3.34. The van der Waals surface area contributed by atoms with Crippen LogP contribution in [-0.2, 0) is 12.1 Å². The van der Waals surface area contributed by atoms with E-state index in [9.17, 15) is 4.39 Å². The molecule has 0 fully saturated rings. The van der Waals surface area contributed by atoms with Gasteiger partial charge in [0.25, 0.3) is 0 Å². The zero-order valence-corrected chi connectivity index (χ0v) is 12.1. The van der Waals surface area contributed by atoms with E-state index < -0.39 is 0 Å². The molecule has 4 heteroatoms. The third kappa shape index (κ3) is 2.63. The van der Waals surface area contributed by atoms with E-state index in [0.29, 0.717) is 0 Å². The van der Waals surface area contributed by atoms with Gasteiger partial charge >= 0.3 is 0 Å². The molecule has 1 aromatic carbocycles. The fraction of sp³-hybridized carbons (Fsp3) is 0.533. The predicted octanol–water partition coefficient (Wildman–Crippen LogP) is 3.43. The van der Waals surface area contributed by atoms with Crippen molar-refractivity contribution in [3.8, 4) is 0 Å². The lowest BCUT2D eigenvalue weighted by Crippen LogP contribution is -2.39. The van der Waals surface area contributed by atoms with Gasteiger partial charge in [-0.1, -0.05) is 13.8 Å². The van der Waals surface area contributed by atoms with E-state index in [0.717, 1.165) is 36.4 Å². The number of aromatic nitrogens is 2. The monoisotopic (exact) mass is 263 g/mol. The van der Waals surface area contributed by atoms with Crippen molar-refractivity contribution in [3.63, 3.8) is 0 Å². The van der Waals surface area contributed by atoms with E-state index in [2.05, 4.69) is 42.6 Å². The van der Waals surface area contributed by atoms with E-state index >= 15 is 0 Å². The average molecular weight is 263 g/mol. The number of nitrogens with zero attached hydrogens (tertiary/aromatic N) is 2. The summed E-state index contributed by atoms with van der Waals surface area (Å²) in [4.78, 5) is 4.64. The Morgan fingerprint density at radius 2 is 2.05 bits per heavy atom. The van der Waals surface area contributed by atoms with Crippen LogP contribution in [0.15, 0.2) is 18.2 Å². The maximum atomic E-state index is 13.3. The number of hydrogen-bond acceptors (Lipinski definition) is 2. The fourth-order valence-corrected chi connectivity index (χ4v) is 2.55. The van der Waals surface area contributed by atoms with Gasteiger partial charge in [-0.2, -0.15) is 0 Å². The van der Waals surface area contributed by atoms with Crippen LogP contribution in [0.25, 0.3) is 11.0 Å². The zero-order valence-electron chi connectivity index (χ0n) is 12.1. The number of fused-ring (bicyclic) bond motifs is 1. The molecule has 0 saturated heterocycles. The van der Waals surface area contributed by atoms with E-state index in [-0.39, 0.29) is 11.4 Å². The van der Waals surface area contributed by atoms with Crippen LogP contribution in [0.4, 0.5) is 4.39 Å². The molecule has 19 heavy (non-hydrogen) atoms. The standard InChI is InChI=1S/C15H22FN3/c1-5-9-19-13-8-7-11(16)10-12(13)18-14(19)15(3,4)17-6-2/h7-8,10,17H,5-6,9H2,1-4H3. The fourth-order valence-electron chi connectivity index (χ4n) is 2.55. The minimum Gasteiger partial charge on any atom is -0.326 e. The van der Waals surface area contributed by atoms with Crippen molar-refractivity contribution in [1.29, 1.82) is 0 Å². The van der Waals surface area contributed by atoms with Crippen LogP contribution >= 0.6 is 0 Å². The number of nitrogens with one attached hydrogen (secondary N) is 1. The van der Waals surface area contributed by atoms with Gasteiger partial charge in [-0.05, 0) is 38.9 Å². The van der Waals surface area contributed by atoms with Gasteiger partial charge in [0, 0.05) is 12.6 Å². The Kier molecular flexibility index (Phi) is 3.90. The number of aryl methyl sites for hydroxylation is 1. The maximum Gasteiger partial charge on any atom is 0.129 e. The molecule has 0 bridgehead atoms. The molecule has 0 spiro atoms. The lowest BCUT2D eigenvalue weighted by atomic mass is 10.0. The third-order valence-corrected chi connectivity index (χ3v) is 3.34. The van der Waals surface area contributed by atoms with Crippen molar-refractivity contribution in [2.45, 2.75) is 46.2 Å². The number of hydrogen-bond donors (Lipinski definition) is 1. The highest BCUT2D eigenvalue weighted by molar-refractivity contribution is 5.76. The molecule has 0 amide bonds. The molecule has 1 heterocycles. The summed E-state index contributed by atoms with van der Waals surface area (Å²) in [6.45, 7) is 10.2. The number of rotatable bonds is 5. The van der Waals surface area contributed by atoms with Crippen LogP contribution in [0, 0.1) is 5.82 Å². The second-order valence-electron chi connectivity index (χ2n) is 5.38. The second kappa shape index (κ2) is 5.29. The smallest absolute Gasteiger partial charge is 0.129 e. The van der Waals surface area contributed by atoms with Crippen LogP contribution in [-0.4, -0.2) is 16.1 Å². The molecule has 0 saturated carbocycles. The van der Waals surface area contributed by atoms with E-state index in [1.165, 1.54) is 12.1 Å². The van der Waals surface area contributed by atoms with Gasteiger partial charge in [0.2, 0.25) is 0 Å². The van der Waals surface area contributed by atoms with Crippen LogP contribution in [0.1, 0.15) is 39.9 Å². The molecule has 1 aromatic heterocycles. The van der Waals surface area contributed by atoms with Crippen LogP contribution in [0.3, 0.4) is 0 Å². The van der Waals surface area contributed by atoms with Crippen molar-refractivity contribution in [3.05, 3.63) is 29.8 Å². The Balaban J connectivity index is 2.62. The Bertz CT molecular complexity index is 572. The first-order valence-corrected chi connectivity index (χ1v) is 6.91. The van der Waals surface area contributed by atoms with Gasteiger partial charge < -0.3 is 9.88 Å². The summed E-state index contributed by atoms with van der Waals surface area (Å²) in [5.41, 5.74) is 1.51. The van der Waals surface area contributed by atoms with Crippen LogP contribution in [0.5, 0.6) is 0 Å². The van der Waals surface area contributed by atoms with Gasteiger partial charge in [-0.3, -0.25) is 0 Å². The van der Waals surface area contributed by atoms with Crippen LogP contribution < -0.4 is 5.32 Å². The van der Waals surface area contributed by atoms with Gasteiger partial charge in [0.1, 0.15) is 11.6 Å². The predicted molar refractivity (Wildman–Crippen MR) is 76.7 cm³/mol. The highest BCUT2D eigenvalue weighted by atomic mass is 19.1. The molecule has 0 aliphatic rings. The van der Waals surface area contributed by atoms with Gasteiger partial charge in [-0.15, -0.1) is 0 Å². The Morgan fingerprint density at radius 1 is 1.32 bits per heavy atom. The first-order chi connectivity index (χ1) is 8.99. The van der Waals surface area contributed by atoms with Crippen molar-refractivity contribution < 1.29 is 4.39 Å². The minimum atomic E-state index is -0.235. The molecular formula is C15H22FN3. The molecule has 0 aliphatic carbocycles. The summed E-state index contributed by atoms with van der Waals surface area (Å²) in [6, 6.07) is 4.83. The lowest BCUT2D eigenvalue weighted by molar-refractivity contribution is 0.375. The molecule has 0 radical (unpaired) electrons. The summed E-state index contributed by atoms with van der Waals surface area (Å²) < 4.78 is 15.5. The summed E-state index contributed by atoms with van der Waals surface area (Å²) in [5, 5.41) is 3.44. The number of benzene rings is 1. The SMILES string of the molecule is CCCn1c(C(C)(C)NCC)nc2cc(F)ccc21. The van der Waals surface area contributed by atoms with Crippen molar-refractivity contribution in [2.75, 3.05) is 6.54 Å². The molecule has 0 atom stereocenters. The molecule has 2 aromatic rings. The number of imidazole rings is 1. The molecule has 2 rings (SSSR count). The van der Waals surface area contributed by atoms with Gasteiger partial charge in [-0.25, -0.2) is 9.37 Å². The summed E-state index contributed by atoms with van der Waals surface area (Å²) in [7, 11) is 0. The molecule has 1 N–H and O–H groups in total. The average Bonchev–Trinajstić information content (AvgIpc) is 2.68. The van der Waals surface area contributed by atoms with Gasteiger partial charge in [0.05, 0.1) is 16.6 Å². The topological polar surface area (TPSA) is 29.9 Å². The highest BCUT2D eigenvalue weighted by Gasteiger charge is 2.26. The Hall–Kier alpha value is -1.42. The Labute approximate surface area is 113 Å². The van der Waals surface area contributed by atoms with E-state index in [4.69, 9.17) is 0 Å². The quantitative estimate of drug-likeness (QED) is 0.895. The minimum absolute atomic E-state index is 0.223. The largest absolute Gasteiger partial charge is 0.326 e. The summed E-state index contributed by atoms with van der Waals surface area (Å²) in [6.07, 6.45) is 1.03. The first-order valence-electron chi connectivity index (χ1n) is 6.91. The van der Waals surface area contributed by atoms with Crippen LogP contribution in [0.2, 0.25) is 0 Å². The second-order valence-corrected chi connectivity index (χ2v) is 5.38. The van der Waals surface area contributed by atoms with Crippen molar-refractivity contribution in [1.82, 2.24) is 14.9 Å². The molecule has 0 unspecified atom stereocenters. The van der Waals surface area contributed by atoms with Gasteiger partial charge in [0.15, 0.2) is 0 Å². The highest BCUT2D eigenvalue weighted by Crippen LogP contribution is 2.25. The lowest BCUT2D eigenvalue weighted by Gasteiger charge is -2.26. The maximum absolute atomic E-state index is 13.3. The first kappa shape index (κ1) is 14.0. The Morgan fingerprint density at radius 3 is 2.68 bits per heavy atom. The molecule has 3 nitrogen and oxygen atoms in total. The normalized spacial score (nSPS) is 12.3. The summed E-state index contributed by atoms with van der Waals surface area (Å²) in [5.74, 6) is 0.734. The van der Waals surface area contributed by atoms with E-state index in [1.54, 1.807) is 0 Å².